The van der Waals surface area contributed by atoms with Crippen molar-refractivity contribution in [2.75, 3.05) is 31.1 Å². The van der Waals surface area contributed by atoms with Crippen LogP contribution in [0.15, 0.2) is 17.6 Å². The van der Waals surface area contributed by atoms with Crippen LogP contribution in [0, 0.1) is 5.41 Å². The average molecular weight is 384 g/mol. The number of nitrogens with two attached hydrogens (primary N) is 1. The van der Waals surface area contributed by atoms with E-state index in [1.807, 2.05) is 0 Å². The Morgan fingerprint density at radius 1 is 1.07 bits per heavy atom. The smallest absolute Gasteiger partial charge is 0.229 e. The van der Waals surface area contributed by atoms with Crippen LogP contribution >= 0.6 is 0 Å². The van der Waals surface area contributed by atoms with Gasteiger partial charge in [0.2, 0.25) is 17.6 Å². The van der Waals surface area contributed by atoms with Crippen LogP contribution in [-0.2, 0) is 4.79 Å². The van der Waals surface area contributed by atoms with E-state index in [4.69, 9.17) is 5.73 Å². The molecule has 0 aromatic carbocycles. The van der Waals surface area contributed by atoms with Crippen molar-refractivity contribution < 1.29 is 9.59 Å². The molecular weight excluding hydrogens is 356 g/mol. The van der Waals surface area contributed by atoms with Crippen molar-refractivity contribution in [3.63, 3.8) is 0 Å². The highest BCUT2D eigenvalue weighted by Gasteiger charge is 2.45. The second kappa shape index (κ2) is 7.95. The lowest BCUT2D eigenvalue weighted by molar-refractivity contribution is -0.129. The van der Waals surface area contributed by atoms with Crippen LogP contribution in [0.4, 0.5) is 5.95 Å². The van der Waals surface area contributed by atoms with Crippen LogP contribution < -0.4 is 16.0 Å². The number of Topliss-reactive ketones (excluding diaryl/α,β-unsaturated/α-hetero) is 2. The predicted octanol–water partition coefficient (Wildman–Crippen LogP) is 1.38. The van der Waals surface area contributed by atoms with E-state index in [2.05, 4.69) is 25.2 Å². The van der Waals surface area contributed by atoms with Crippen molar-refractivity contribution in [2.24, 2.45) is 11.1 Å². The molecule has 2 fully saturated rings. The normalized spacial score (nSPS) is 26.4. The number of anilines is 1. The van der Waals surface area contributed by atoms with Crippen LogP contribution in [0.3, 0.4) is 0 Å². The number of carbonyl (C=O) groups excluding carboxylic acids is 2. The summed E-state index contributed by atoms with van der Waals surface area (Å²) in [7, 11) is 0. The molecule has 1 aliphatic heterocycles. The van der Waals surface area contributed by atoms with Crippen LogP contribution in [-0.4, -0.2) is 52.7 Å². The molecular formula is C20H28N6O2. The molecule has 3 aliphatic rings. The van der Waals surface area contributed by atoms with Gasteiger partial charge in [0.25, 0.3) is 0 Å². The maximum atomic E-state index is 13.2. The molecule has 0 bridgehead atoms. The van der Waals surface area contributed by atoms with Gasteiger partial charge in [-0.2, -0.15) is 4.98 Å². The van der Waals surface area contributed by atoms with Gasteiger partial charge in [0, 0.05) is 37.3 Å². The van der Waals surface area contributed by atoms with E-state index in [1.165, 1.54) is 6.33 Å². The highest BCUT2D eigenvalue weighted by atomic mass is 16.1. The standard InChI is InChI=1S/C20H28N6O2/c21-17-14(5-3-8-20(17)7-2-1-6-15(20)27)16(28)18-23-13-24-19(25-18)26-11-4-9-22-10-12-26/h13,22H,1-12,21H2/t20-/m1/s1. The molecule has 1 saturated carbocycles. The van der Waals surface area contributed by atoms with Gasteiger partial charge in [0.05, 0.1) is 5.41 Å². The maximum Gasteiger partial charge on any atom is 0.229 e. The third-order valence-corrected chi connectivity index (χ3v) is 6.32. The van der Waals surface area contributed by atoms with E-state index in [0.717, 1.165) is 64.7 Å². The molecule has 28 heavy (non-hydrogen) atoms. The minimum absolute atomic E-state index is 0.125. The number of aromatic nitrogens is 3. The Bertz CT molecular complexity index is 800. The molecule has 8 nitrogen and oxygen atoms in total. The van der Waals surface area contributed by atoms with E-state index in [-0.39, 0.29) is 17.4 Å². The average Bonchev–Trinajstić information content (AvgIpc) is 3.01. The number of hydrogen-bond donors (Lipinski definition) is 2. The first-order valence-corrected chi connectivity index (χ1v) is 10.3. The summed E-state index contributed by atoms with van der Waals surface area (Å²) in [5.41, 5.74) is 6.81. The zero-order valence-electron chi connectivity index (χ0n) is 16.2. The number of nitrogens with one attached hydrogen (secondary N) is 1. The fraction of sp³-hybridized carbons (Fsp3) is 0.650. The SMILES string of the molecule is NC1=C(C(=O)c2ncnc(N3CCCNCC3)n2)CCC[C@@]12CCCCC2=O. The summed E-state index contributed by atoms with van der Waals surface area (Å²) in [4.78, 5) is 40.8. The van der Waals surface area contributed by atoms with Crippen molar-refractivity contribution in [3.8, 4) is 0 Å². The van der Waals surface area contributed by atoms with Crippen molar-refractivity contribution >= 4 is 17.5 Å². The number of hydrogen-bond acceptors (Lipinski definition) is 8. The fourth-order valence-corrected chi connectivity index (χ4v) is 4.73. The van der Waals surface area contributed by atoms with E-state index in [0.29, 0.717) is 30.1 Å². The molecule has 3 N–H and O–H groups in total. The van der Waals surface area contributed by atoms with E-state index in [9.17, 15) is 9.59 Å². The summed E-state index contributed by atoms with van der Waals surface area (Å²) in [6.07, 6.45) is 7.71. The predicted molar refractivity (Wildman–Crippen MR) is 105 cm³/mol. The first-order chi connectivity index (χ1) is 13.6. The number of allylic oxidation sites excluding steroid dienone is 2. The van der Waals surface area contributed by atoms with Gasteiger partial charge in [-0.05, 0) is 45.1 Å². The first-order valence-electron chi connectivity index (χ1n) is 10.3. The third-order valence-electron chi connectivity index (χ3n) is 6.32. The summed E-state index contributed by atoms with van der Waals surface area (Å²) in [6.45, 7) is 3.46. The molecule has 1 aromatic rings. The highest BCUT2D eigenvalue weighted by Crippen LogP contribution is 2.46. The fourth-order valence-electron chi connectivity index (χ4n) is 4.73. The molecule has 8 heteroatoms. The summed E-state index contributed by atoms with van der Waals surface area (Å²) in [5, 5.41) is 3.34. The van der Waals surface area contributed by atoms with E-state index in [1.54, 1.807) is 0 Å². The van der Waals surface area contributed by atoms with Crippen molar-refractivity contribution in [3.05, 3.63) is 23.4 Å². The van der Waals surface area contributed by atoms with Gasteiger partial charge in [-0.3, -0.25) is 9.59 Å². The second-order valence-electron chi connectivity index (χ2n) is 7.99. The van der Waals surface area contributed by atoms with Crippen LogP contribution in [0.25, 0.3) is 0 Å². The molecule has 1 saturated heterocycles. The van der Waals surface area contributed by atoms with Gasteiger partial charge >= 0.3 is 0 Å². The quantitative estimate of drug-likeness (QED) is 0.751. The number of carbonyl (C=O) groups is 2. The van der Waals surface area contributed by atoms with Crippen LogP contribution in [0.5, 0.6) is 0 Å². The second-order valence-corrected chi connectivity index (χ2v) is 7.99. The molecule has 2 heterocycles. The number of nitrogens with zero attached hydrogens (tertiary/aromatic N) is 4. The van der Waals surface area contributed by atoms with Gasteiger partial charge in [0.15, 0.2) is 0 Å². The molecule has 4 rings (SSSR count). The molecule has 1 spiro atoms. The molecule has 0 radical (unpaired) electrons. The Kier molecular flexibility index (Phi) is 5.39. The highest BCUT2D eigenvalue weighted by molar-refractivity contribution is 6.08. The van der Waals surface area contributed by atoms with Gasteiger partial charge in [-0.15, -0.1) is 0 Å². The summed E-state index contributed by atoms with van der Waals surface area (Å²) >= 11 is 0. The van der Waals surface area contributed by atoms with Crippen molar-refractivity contribution in [2.45, 2.75) is 51.4 Å². The Hall–Kier alpha value is -2.35. The van der Waals surface area contributed by atoms with Gasteiger partial charge < -0.3 is 16.0 Å². The lowest BCUT2D eigenvalue weighted by Gasteiger charge is -2.40. The first kappa shape index (κ1) is 19.0. The van der Waals surface area contributed by atoms with Crippen LogP contribution in [0.2, 0.25) is 0 Å². The van der Waals surface area contributed by atoms with Gasteiger partial charge in [0.1, 0.15) is 12.1 Å². The van der Waals surface area contributed by atoms with E-state index >= 15 is 0 Å². The molecule has 0 amide bonds. The minimum Gasteiger partial charge on any atom is -0.401 e. The summed E-state index contributed by atoms with van der Waals surface area (Å²) < 4.78 is 0. The number of ketones is 2. The molecule has 0 unspecified atom stereocenters. The lowest BCUT2D eigenvalue weighted by atomic mass is 9.64. The van der Waals surface area contributed by atoms with E-state index < -0.39 is 5.41 Å². The Labute approximate surface area is 165 Å². The Balaban J connectivity index is 1.63. The van der Waals surface area contributed by atoms with Gasteiger partial charge in [-0.25, -0.2) is 9.97 Å². The van der Waals surface area contributed by atoms with Crippen molar-refractivity contribution in [1.82, 2.24) is 20.3 Å². The molecule has 150 valence electrons. The lowest BCUT2D eigenvalue weighted by Crippen LogP contribution is -2.42. The molecule has 2 aliphatic carbocycles. The summed E-state index contributed by atoms with van der Waals surface area (Å²) in [6, 6.07) is 0. The topological polar surface area (TPSA) is 114 Å². The Morgan fingerprint density at radius 3 is 2.79 bits per heavy atom. The van der Waals surface area contributed by atoms with Crippen molar-refractivity contribution in [1.29, 1.82) is 0 Å². The Morgan fingerprint density at radius 2 is 1.93 bits per heavy atom. The number of rotatable bonds is 3. The molecule has 1 atom stereocenters. The maximum absolute atomic E-state index is 13.2. The zero-order valence-corrected chi connectivity index (χ0v) is 16.2. The monoisotopic (exact) mass is 384 g/mol. The zero-order chi connectivity index (χ0) is 19.6. The van der Waals surface area contributed by atoms with Gasteiger partial charge in [-0.1, -0.05) is 6.42 Å². The molecule has 1 aromatic heterocycles. The largest absolute Gasteiger partial charge is 0.401 e. The third kappa shape index (κ3) is 3.41. The summed E-state index contributed by atoms with van der Waals surface area (Å²) in [5.74, 6) is 0.585. The minimum atomic E-state index is -0.645. The van der Waals surface area contributed by atoms with Crippen LogP contribution in [0.1, 0.15) is 62.0 Å².